The summed E-state index contributed by atoms with van der Waals surface area (Å²) >= 11 is 0. The number of fused-ring (bicyclic) bond motifs is 1. The molecule has 170 valence electrons. The molecule has 10 nitrogen and oxygen atoms in total. The molecule has 10 heteroatoms. The third-order valence-electron chi connectivity index (χ3n) is 5.26. The van der Waals surface area contributed by atoms with Gasteiger partial charge in [-0.3, -0.25) is 4.79 Å². The standard InChI is InChI=1S/C22H22O10/c1-29-10-6-12(24)18-13(25)8-15(30-16(18)7-10)11-4-2-3-5-14(11)31-22-21(28)20(27)19(26)17(9-23)32-22/h2-8,17,19-24,26-28H,9H2,1H3/t17-,19-,20+,21-,22+/m1/s1. The van der Waals surface area contributed by atoms with Crippen LogP contribution in [0.1, 0.15) is 0 Å². The predicted octanol–water partition coefficient (Wildman–Crippen LogP) is 0.353. The number of ether oxygens (including phenoxy) is 3. The molecule has 0 bridgehead atoms. The average molecular weight is 446 g/mol. The quantitative estimate of drug-likeness (QED) is 0.370. The Balaban J connectivity index is 1.74. The van der Waals surface area contributed by atoms with E-state index in [0.29, 0.717) is 11.3 Å². The molecule has 1 saturated heterocycles. The first-order valence-corrected chi connectivity index (χ1v) is 9.75. The van der Waals surface area contributed by atoms with E-state index in [1.165, 1.54) is 31.4 Å². The number of aliphatic hydroxyl groups is 4. The lowest BCUT2D eigenvalue weighted by Crippen LogP contribution is -2.60. The van der Waals surface area contributed by atoms with Gasteiger partial charge in [0.1, 0.15) is 58.4 Å². The summed E-state index contributed by atoms with van der Waals surface area (Å²) in [7, 11) is 1.41. The monoisotopic (exact) mass is 446 g/mol. The van der Waals surface area contributed by atoms with Gasteiger partial charge in [0.2, 0.25) is 6.29 Å². The van der Waals surface area contributed by atoms with Crippen molar-refractivity contribution in [1.82, 2.24) is 0 Å². The first-order chi connectivity index (χ1) is 15.3. The highest BCUT2D eigenvalue weighted by atomic mass is 16.7. The van der Waals surface area contributed by atoms with E-state index in [4.69, 9.17) is 18.6 Å². The average Bonchev–Trinajstić information content (AvgIpc) is 2.79. The molecule has 4 rings (SSSR count). The molecule has 1 aliphatic rings. The summed E-state index contributed by atoms with van der Waals surface area (Å²) in [5.74, 6) is 0.258. The molecule has 1 fully saturated rings. The van der Waals surface area contributed by atoms with Gasteiger partial charge >= 0.3 is 0 Å². The Kier molecular flexibility index (Phi) is 6.04. The molecule has 0 saturated carbocycles. The minimum absolute atomic E-state index is 0.0121. The number of aliphatic hydroxyl groups excluding tert-OH is 4. The first kappa shape index (κ1) is 22.1. The van der Waals surface area contributed by atoms with Crippen molar-refractivity contribution in [2.45, 2.75) is 30.7 Å². The Hall–Kier alpha value is -3.15. The lowest BCUT2D eigenvalue weighted by molar-refractivity contribution is -0.277. The molecule has 5 N–H and O–H groups in total. The van der Waals surface area contributed by atoms with Crippen LogP contribution in [0.25, 0.3) is 22.3 Å². The fourth-order valence-corrected chi connectivity index (χ4v) is 3.56. The number of para-hydroxylation sites is 1. The van der Waals surface area contributed by atoms with Crippen molar-refractivity contribution in [3.63, 3.8) is 0 Å². The molecule has 3 aromatic rings. The molecular formula is C22H22O10. The third-order valence-corrected chi connectivity index (χ3v) is 5.26. The van der Waals surface area contributed by atoms with Gasteiger partial charge in [-0.25, -0.2) is 0 Å². The van der Waals surface area contributed by atoms with E-state index in [9.17, 15) is 30.3 Å². The second-order valence-electron chi connectivity index (χ2n) is 7.31. The number of rotatable bonds is 5. The SMILES string of the molecule is COc1cc(O)c2c(=O)cc(-c3ccccc3O[C@H]3O[C@H](CO)[C@@H](O)[C@H](O)[C@H]3O)oc2c1. The fourth-order valence-electron chi connectivity index (χ4n) is 3.56. The maximum Gasteiger partial charge on any atom is 0.229 e. The van der Waals surface area contributed by atoms with Gasteiger partial charge in [-0.15, -0.1) is 0 Å². The van der Waals surface area contributed by atoms with Gasteiger partial charge in [0.15, 0.2) is 5.43 Å². The zero-order chi connectivity index (χ0) is 23.0. The molecule has 0 amide bonds. The second kappa shape index (κ2) is 8.77. The van der Waals surface area contributed by atoms with Crippen LogP contribution in [0, 0.1) is 0 Å². The zero-order valence-corrected chi connectivity index (χ0v) is 16.9. The van der Waals surface area contributed by atoms with Gasteiger partial charge in [-0.2, -0.15) is 0 Å². The van der Waals surface area contributed by atoms with Crippen molar-refractivity contribution in [3.05, 3.63) is 52.7 Å². The van der Waals surface area contributed by atoms with Gasteiger partial charge in [-0.05, 0) is 12.1 Å². The van der Waals surface area contributed by atoms with Crippen LogP contribution in [0.3, 0.4) is 0 Å². The Bertz CT molecular complexity index is 1170. The maximum atomic E-state index is 12.7. The summed E-state index contributed by atoms with van der Waals surface area (Å²) in [6.45, 7) is -0.600. The highest BCUT2D eigenvalue weighted by molar-refractivity contribution is 5.86. The first-order valence-electron chi connectivity index (χ1n) is 9.75. The van der Waals surface area contributed by atoms with Crippen molar-refractivity contribution in [1.29, 1.82) is 0 Å². The highest BCUT2D eigenvalue weighted by Crippen LogP contribution is 2.35. The van der Waals surface area contributed by atoms with Gasteiger partial charge in [-0.1, -0.05) is 12.1 Å². The Morgan fingerprint density at radius 1 is 1.03 bits per heavy atom. The van der Waals surface area contributed by atoms with Crippen molar-refractivity contribution in [2.24, 2.45) is 0 Å². The third kappa shape index (κ3) is 3.90. The summed E-state index contributed by atoms with van der Waals surface area (Å²) in [4.78, 5) is 12.7. The number of phenolic OH excluding ortho intramolecular Hbond substituents is 1. The molecule has 0 unspecified atom stereocenters. The molecule has 2 heterocycles. The van der Waals surface area contributed by atoms with Gasteiger partial charge in [0.05, 0.1) is 19.3 Å². The predicted molar refractivity (Wildman–Crippen MR) is 111 cm³/mol. The molecule has 2 aromatic carbocycles. The van der Waals surface area contributed by atoms with E-state index in [2.05, 4.69) is 0 Å². The Labute approximate surface area is 181 Å². The van der Waals surface area contributed by atoms with Crippen molar-refractivity contribution < 1.29 is 44.2 Å². The van der Waals surface area contributed by atoms with Crippen molar-refractivity contribution >= 4 is 11.0 Å². The number of benzene rings is 2. The molecule has 0 radical (unpaired) electrons. The van der Waals surface area contributed by atoms with Crippen LogP contribution in [-0.2, 0) is 4.74 Å². The van der Waals surface area contributed by atoms with Crippen LogP contribution >= 0.6 is 0 Å². The molecular weight excluding hydrogens is 424 g/mol. The molecule has 32 heavy (non-hydrogen) atoms. The van der Waals surface area contributed by atoms with Crippen LogP contribution in [0.2, 0.25) is 0 Å². The summed E-state index contributed by atoms with van der Waals surface area (Å²) < 4.78 is 22.1. The smallest absolute Gasteiger partial charge is 0.229 e. The topological polar surface area (TPSA) is 159 Å². The van der Waals surface area contributed by atoms with Gasteiger partial charge in [0, 0.05) is 18.2 Å². The molecule has 1 aliphatic heterocycles. The second-order valence-corrected chi connectivity index (χ2v) is 7.31. The summed E-state index contributed by atoms with van der Waals surface area (Å²) in [5, 5.41) is 49.7. The lowest BCUT2D eigenvalue weighted by Gasteiger charge is -2.39. The van der Waals surface area contributed by atoms with Crippen LogP contribution < -0.4 is 14.9 Å². The molecule has 1 aromatic heterocycles. The summed E-state index contributed by atoms with van der Waals surface area (Å²) in [5.41, 5.74) is -0.0817. The van der Waals surface area contributed by atoms with Crippen molar-refractivity contribution in [2.75, 3.05) is 13.7 Å². The molecule has 5 atom stereocenters. The molecule has 0 spiro atoms. The number of aromatic hydroxyl groups is 1. The molecule has 0 aliphatic carbocycles. The van der Waals surface area contributed by atoms with Crippen LogP contribution in [-0.4, -0.2) is 70.0 Å². The zero-order valence-electron chi connectivity index (χ0n) is 16.9. The van der Waals surface area contributed by atoms with Crippen LogP contribution in [0.15, 0.2) is 51.7 Å². The van der Waals surface area contributed by atoms with Crippen molar-refractivity contribution in [3.8, 4) is 28.6 Å². The lowest BCUT2D eigenvalue weighted by atomic mass is 9.99. The van der Waals surface area contributed by atoms with E-state index in [1.54, 1.807) is 18.2 Å². The number of hydrogen-bond donors (Lipinski definition) is 5. The number of methoxy groups -OCH3 is 1. The largest absolute Gasteiger partial charge is 0.507 e. The van der Waals surface area contributed by atoms with Gasteiger partial charge in [0.25, 0.3) is 0 Å². The van der Waals surface area contributed by atoms with Gasteiger partial charge < -0.3 is 44.2 Å². The summed E-state index contributed by atoms with van der Waals surface area (Å²) in [6, 6.07) is 10.4. The summed E-state index contributed by atoms with van der Waals surface area (Å²) in [6.07, 6.45) is -7.29. The number of hydrogen-bond acceptors (Lipinski definition) is 10. The van der Waals surface area contributed by atoms with E-state index in [-0.39, 0.29) is 28.2 Å². The minimum atomic E-state index is -1.61. The fraction of sp³-hybridized carbons (Fsp3) is 0.318. The highest BCUT2D eigenvalue weighted by Gasteiger charge is 2.44. The van der Waals surface area contributed by atoms with Crippen LogP contribution in [0.5, 0.6) is 17.2 Å². The normalized spacial score (nSPS) is 25.6. The van der Waals surface area contributed by atoms with E-state index >= 15 is 0 Å². The van der Waals surface area contributed by atoms with E-state index < -0.39 is 42.7 Å². The number of phenols is 1. The minimum Gasteiger partial charge on any atom is -0.507 e. The maximum absolute atomic E-state index is 12.7. The van der Waals surface area contributed by atoms with E-state index in [0.717, 1.165) is 0 Å². The Morgan fingerprint density at radius 3 is 2.50 bits per heavy atom. The van der Waals surface area contributed by atoms with Crippen LogP contribution in [0.4, 0.5) is 0 Å². The van der Waals surface area contributed by atoms with E-state index in [1.807, 2.05) is 0 Å². The Morgan fingerprint density at radius 2 is 1.78 bits per heavy atom.